The van der Waals surface area contributed by atoms with Gasteiger partial charge in [0.2, 0.25) is 5.91 Å². The number of alkyl halides is 3. The third kappa shape index (κ3) is 8.79. The monoisotopic (exact) mass is 937 g/mol. The van der Waals surface area contributed by atoms with E-state index in [-0.39, 0.29) is 46.3 Å². The molecule has 3 amide bonds. The fourth-order valence-corrected chi connectivity index (χ4v) is 9.04. The molecule has 8 rings (SSSR count). The molecule has 2 atom stereocenters. The Morgan fingerprint density at radius 1 is 0.955 bits per heavy atom. The van der Waals surface area contributed by atoms with Gasteiger partial charge >= 0.3 is 6.18 Å². The SMILES string of the molecule is Cn1ncnc1[C@H]1c2n[nH]c(=O)c3cc(F)cc(c23)N[C@@H]1c1ccc(NC(=O)CCCCCCNC(=O)c2ccc(N3C(=S)N(c4ccc(C#N)c(C(F)(F)F)c4)C(=O)C3(C)C)cc2F)cc1. The van der Waals surface area contributed by atoms with Crippen molar-refractivity contribution in [3.05, 3.63) is 135 Å². The number of hydrogen-bond donors (Lipinski definition) is 4. The fraction of sp³-hybridized carbons (Fsp3) is 0.283. The molecule has 4 aromatic carbocycles. The molecule has 0 unspecified atom stereocenters. The lowest BCUT2D eigenvalue weighted by Gasteiger charge is -2.33. The Balaban J connectivity index is 0.812. The summed E-state index contributed by atoms with van der Waals surface area (Å²) in [5.41, 5.74) is -1.96. The van der Waals surface area contributed by atoms with Crippen LogP contribution in [0, 0.1) is 23.0 Å². The number of aromatic amines is 1. The Morgan fingerprint density at radius 2 is 1.69 bits per heavy atom. The van der Waals surface area contributed by atoms with Crippen LogP contribution in [0.15, 0.2) is 83.9 Å². The normalized spacial score (nSPS) is 16.5. The van der Waals surface area contributed by atoms with E-state index in [1.165, 1.54) is 61.5 Å². The number of nitrogens with one attached hydrogen (secondary N) is 4. The molecule has 67 heavy (non-hydrogen) atoms. The van der Waals surface area contributed by atoms with Gasteiger partial charge in [0.05, 0.1) is 51.5 Å². The number of rotatable bonds is 13. The number of carbonyl (C=O) groups is 3. The molecule has 0 radical (unpaired) electrons. The summed E-state index contributed by atoms with van der Waals surface area (Å²) in [4.78, 5) is 58.6. The highest BCUT2D eigenvalue weighted by Crippen LogP contribution is 2.46. The first kappa shape index (κ1) is 45.9. The lowest BCUT2D eigenvalue weighted by Crippen LogP contribution is -2.44. The van der Waals surface area contributed by atoms with Gasteiger partial charge in [-0.1, -0.05) is 25.0 Å². The molecule has 0 saturated carbocycles. The van der Waals surface area contributed by atoms with E-state index in [1.807, 2.05) is 12.1 Å². The number of unbranched alkanes of at least 4 members (excludes halogenated alkanes) is 3. The van der Waals surface area contributed by atoms with Gasteiger partial charge in [-0.05, 0) is 105 Å². The standard InChI is InChI=1S/C46H40F5N11O4S/c1-45(2)43(66)61(28-14-11-25(22-52)32(20-28)46(49,50)51)44(67)62(45)29-15-16-30(33(48)21-29)41(64)53-17-7-5-4-6-8-35(63)56-27-12-9-24(10-13-27)38-37(40-54-23-55-60(40)3)39-36-31(42(65)59-58-39)18-26(47)19-34(36)57-38/h9-16,18-21,23,37-38,57H,4-8,17H2,1-3H3,(H,53,64)(H,56,63)(H,59,65)/t37-,38-/m1/s1. The van der Waals surface area contributed by atoms with Gasteiger partial charge in [-0.2, -0.15) is 28.6 Å². The van der Waals surface area contributed by atoms with E-state index in [9.17, 15) is 42.0 Å². The first-order chi connectivity index (χ1) is 31.9. The van der Waals surface area contributed by atoms with E-state index in [2.05, 4.69) is 36.2 Å². The molecule has 2 aromatic heterocycles. The molecule has 344 valence electrons. The zero-order valence-electron chi connectivity index (χ0n) is 36.0. The van der Waals surface area contributed by atoms with Gasteiger partial charge in [-0.15, -0.1) is 0 Å². The number of nitriles is 1. The molecule has 1 fully saturated rings. The smallest absolute Gasteiger partial charge is 0.376 e. The maximum absolute atomic E-state index is 15.5. The van der Waals surface area contributed by atoms with E-state index in [0.717, 1.165) is 22.6 Å². The molecule has 6 aromatic rings. The van der Waals surface area contributed by atoms with Crippen molar-refractivity contribution in [1.29, 1.82) is 5.26 Å². The molecule has 4 heterocycles. The summed E-state index contributed by atoms with van der Waals surface area (Å²) < 4.78 is 72.9. The van der Waals surface area contributed by atoms with Crippen LogP contribution in [-0.4, -0.2) is 59.9 Å². The average molecular weight is 938 g/mol. The second kappa shape index (κ2) is 18.0. The van der Waals surface area contributed by atoms with Gasteiger partial charge in [-0.25, -0.2) is 18.9 Å². The number of halogens is 5. The minimum atomic E-state index is -4.88. The second-order valence-corrected chi connectivity index (χ2v) is 16.9. The molecule has 2 aliphatic heterocycles. The second-order valence-electron chi connectivity index (χ2n) is 16.6. The zero-order chi connectivity index (χ0) is 47.9. The molecule has 0 spiro atoms. The van der Waals surface area contributed by atoms with Crippen LogP contribution in [0.3, 0.4) is 0 Å². The Morgan fingerprint density at radius 3 is 2.37 bits per heavy atom. The third-order valence-electron chi connectivity index (χ3n) is 11.8. The Labute approximate surface area is 384 Å². The van der Waals surface area contributed by atoms with Gasteiger partial charge in [0.1, 0.15) is 29.3 Å². The number of H-pyrrole nitrogens is 1. The van der Waals surface area contributed by atoms with Crippen molar-refractivity contribution in [3.8, 4) is 6.07 Å². The van der Waals surface area contributed by atoms with Crippen molar-refractivity contribution in [2.45, 2.75) is 69.6 Å². The number of nitrogens with zero attached hydrogens (tertiary/aromatic N) is 7. The maximum Gasteiger partial charge on any atom is 0.417 e. The van der Waals surface area contributed by atoms with Crippen LogP contribution < -0.4 is 31.3 Å². The Kier molecular flexibility index (Phi) is 12.3. The first-order valence-corrected chi connectivity index (χ1v) is 21.4. The van der Waals surface area contributed by atoms with Crippen LogP contribution >= 0.6 is 12.2 Å². The number of anilines is 4. The van der Waals surface area contributed by atoms with Crippen LogP contribution in [0.1, 0.15) is 96.5 Å². The van der Waals surface area contributed by atoms with E-state index in [0.29, 0.717) is 60.0 Å². The highest BCUT2D eigenvalue weighted by atomic mass is 32.1. The van der Waals surface area contributed by atoms with E-state index in [1.54, 1.807) is 23.9 Å². The number of carbonyl (C=O) groups excluding carboxylic acids is 3. The molecule has 2 aliphatic rings. The highest BCUT2D eigenvalue weighted by molar-refractivity contribution is 7.81. The average Bonchev–Trinajstić information content (AvgIpc) is 3.78. The van der Waals surface area contributed by atoms with Crippen molar-refractivity contribution >= 4 is 68.6 Å². The van der Waals surface area contributed by atoms with Crippen molar-refractivity contribution in [1.82, 2.24) is 30.3 Å². The summed E-state index contributed by atoms with van der Waals surface area (Å²) in [5, 5.41) is 29.7. The minimum Gasteiger partial charge on any atom is -0.376 e. The fourth-order valence-electron chi connectivity index (χ4n) is 8.52. The molecular formula is C46H40F5N11O4S. The number of aromatic nitrogens is 5. The third-order valence-corrected chi connectivity index (χ3v) is 12.2. The van der Waals surface area contributed by atoms with Gasteiger partial charge in [-0.3, -0.25) is 28.8 Å². The number of hydrogen-bond acceptors (Lipinski definition) is 10. The lowest BCUT2D eigenvalue weighted by atomic mass is 9.83. The van der Waals surface area contributed by atoms with Crippen LogP contribution in [0.25, 0.3) is 10.8 Å². The molecule has 0 aliphatic carbocycles. The van der Waals surface area contributed by atoms with Crippen LogP contribution in [0.5, 0.6) is 0 Å². The van der Waals surface area contributed by atoms with Crippen LogP contribution in [0.2, 0.25) is 0 Å². The molecule has 21 heteroatoms. The van der Waals surface area contributed by atoms with E-state index in [4.69, 9.17) is 12.2 Å². The molecule has 4 N–H and O–H groups in total. The summed E-state index contributed by atoms with van der Waals surface area (Å²) in [6.07, 6.45) is -0.751. The summed E-state index contributed by atoms with van der Waals surface area (Å²) >= 11 is 5.52. The van der Waals surface area contributed by atoms with Crippen molar-refractivity contribution in [2.24, 2.45) is 7.05 Å². The summed E-state index contributed by atoms with van der Waals surface area (Å²) in [7, 11) is 1.74. The largest absolute Gasteiger partial charge is 0.417 e. The van der Waals surface area contributed by atoms with Crippen LogP contribution in [-0.2, 0) is 22.8 Å². The van der Waals surface area contributed by atoms with E-state index >= 15 is 4.39 Å². The van der Waals surface area contributed by atoms with Gasteiger partial charge in [0.25, 0.3) is 17.4 Å². The maximum atomic E-state index is 15.5. The van der Waals surface area contributed by atoms with Gasteiger partial charge in [0.15, 0.2) is 5.11 Å². The van der Waals surface area contributed by atoms with Crippen molar-refractivity contribution in [2.75, 3.05) is 27.0 Å². The topological polar surface area (TPSA) is 194 Å². The number of amides is 3. The highest BCUT2D eigenvalue weighted by Gasteiger charge is 2.51. The molecule has 0 bridgehead atoms. The lowest BCUT2D eigenvalue weighted by molar-refractivity contribution is -0.137. The number of benzene rings is 4. The molecule has 15 nitrogen and oxygen atoms in total. The van der Waals surface area contributed by atoms with Gasteiger partial charge in [0, 0.05) is 42.5 Å². The van der Waals surface area contributed by atoms with Gasteiger partial charge < -0.3 is 20.9 Å². The number of thiocarbonyl (C=S) groups is 1. The predicted octanol–water partition coefficient (Wildman–Crippen LogP) is 7.75. The Hall–Kier alpha value is -7.60. The summed E-state index contributed by atoms with van der Waals surface area (Å²) in [5.74, 6) is -3.00. The van der Waals surface area contributed by atoms with E-state index < -0.39 is 63.8 Å². The van der Waals surface area contributed by atoms with Crippen LogP contribution in [0.4, 0.5) is 44.7 Å². The molecule has 1 saturated heterocycles. The first-order valence-electron chi connectivity index (χ1n) is 21.0. The Bertz CT molecular complexity index is 3080. The van der Waals surface area contributed by atoms with Crippen molar-refractivity contribution < 1.29 is 36.3 Å². The molecular weight excluding hydrogens is 898 g/mol. The summed E-state index contributed by atoms with van der Waals surface area (Å²) in [6, 6.07) is 17.1. The minimum absolute atomic E-state index is 0.0942. The summed E-state index contributed by atoms with van der Waals surface area (Å²) in [6.45, 7) is 3.18. The quantitative estimate of drug-likeness (QED) is 0.0503. The number of aryl methyl sites for hydroxylation is 1. The predicted molar refractivity (Wildman–Crippen MR) is 241 cm³/mol. The van der Waals surface area contributed by atoms with Crippen molar-refractivity contribution in [3.63, 3.8) is 0 Å². The zero-order valence-corrected chi connectivity index (χ0v) is 36.8.